The molecule has 1 heterocycles. The topological polar surface area (TPSA) is 105 Å². The standard InChI is InChI=1S/C19H20N4O4/c24-18(14-7-3-1-4-8-14)20-21-19(25)15-9-10-16(17(13-15)23(26)27)22-11-5-2-6-12-22/h1,3-4,7-10,13H,2,5-6,11-12H2,(H,20,24)(H,21,25). The van der Waals surface area contributed by atoms with Crippen LogP contribution in [0.5, 0.6) is 0 Å². The molecule has 1 aliphatic rings. The first-order valence-electron chi connectivity index (χ1n) is 8.75. The van der Waals surface area contributed by atoms with Crippen LogP contribution in [0.4, 0.5) is 11.4 Å². The molecular formula is C19H20N4O4. The Bertz CT molecular complexity index is 848. The van der Waals surface area contributed by atoms with E-state index in [0.29, 0.717) is 11.3 Å². The van der Waals surface area contributed by atoms with Crippen molar-refractivity contribution in [1.82, 2.24) is 10.9 Å². The quantitative estimate of drug-likeness (QED) is 0.638. The number of carbonyl (C=O) groups is 2. The van der Waals surface area contributed by atoms with E-state index in [4.69, 9.17) is 0 Å². The summed E-state index contributed by atoms with van der Waals surface area (Å²) in [4.78, 5) is 37.2. The smallest absolute Gasteiger partial charge is 0.293 e. The molecule has 2 aromatic carbocycles. The van der Waals surface area contributed by atoms with Crippen LogP contribution in [0.1, 0.15) is 40.0 Å². The molecule has 1 fully saturated rings. The van der Waals surface area contributed by atoms with E-state index >= 15 is 0 Å². The van der Waals surface area contributed by atoms with Crippen LogP contribution in [-0.4, -0.2) is 29.8 Å². The molecule has 2 N–H and O–H groups in total. The maximum Gasteiger partial charge on any atom is 0.293 e. The number of amides is 2. The first-order valence-corrected chi connectivity index (χ1v) is 8.75. The van der Waals surface area contributed by atoms with Crippen molar-refractivity contribution < 1.29 is 14.5 Å². The van der Waals surface area contributed by atoms with Crippen LogP contribution in [0.3, 0.4) is 0 Å². The summed E-state index contributed by atoms with van der Waals surface area (Å²) in [6.45, 7) is 1.53. The number of hydrogen-bond donors (Lipinski definition) is 2. The minimum absolute atomic E-state index is 0.107. The normalized spacial score (nSPS) is 13.7. The SMILES string of the molecule is O=C(NNC(=O)c1ccc(N2CCCCC2)c([N+](=O)[O-])c1)c1ccccc1. The van der Waals surface area contributed by atoms with Gasteiger partial charge in [0, 0.05) is 30.3 Å². The molecule has 0 spiro atoms. The third kappa shape index (κ3) is 4.41. The monoisotopic (exact) mass is 368 g/mol. The van der Waals surface area contributed by atoms with Crippen molar-refractivity contribution in [2.45, 2.75) is 19.3 Å². The fraction of sp³-hybridized carbons (Fsp3) is 0.263. The van der Waals surface area contributed by atoms with Crippen LogP contribution in [0.15, 0.2) is 48.5 Å². The zero-order valence-electron chi connectivity index (χ0n) is 14.7. The molecule has 0 radical (unpaired) electrons. The second-order valence-electron chi connectivity index (χ2n) is 6.28. The van der Waals surface area contributed by atoms with Crippen molar-refractivity contribution >= 4 is 23.2 Å². The molecule has 2 amide bonds. The largest absolute Gasteiger partial charge is 0.366 e. The highest BCUT2D eigenvalue weighted by atomic mass is 16.6. The number of carbonyl (C=O) groups excluding carboxylic acids is 2. The molecule has 1 saturated heterocycles. The third-order valence-corrected chi connectivity index (χ3v) is 4.46. The van der Waals surface area contributed by atoms with E-state index in [-0.39, 0.29) is 11.3 Å². The number of piperidine rings is 1. The number of rotatable bonds is 4. The van der Waals surface area contributed by atoms with E-state index in [1.54, 1.807) is 36.4 Å². The maximum atomic E-state index is 12.3. The van der Waals surface area contributed by atoms with Crippen LogP contribution < -0.4 is 15.8 Å². The molecule has 0 aromatic heterocycles. The zero-order chi connectivity index (χ0) is 19.2. The molecular weight excluding hydrogens is 348 g/mol. The summed E-state index contributed by atoms with van der Waals surface area (Å²) in [5, 5.41) is 11.5. The van der Waals surface area contributed by atoms with E-state index in [1.807, 2.05) is 4.90 Å². The zero-order valence-corrected chi connectivity index (χ0v) is 14.7. The molecule has 3 rings (SSSR count). The third-order valence-electron chi connectivity index (χ3n) is 4.46. The van der Waals surface area contributed by atoms with E-state index in [0.717, 1.165) is 32.4 Å². The molecule has 1 aliphatic heterocycles. The first kappa shape index (κ1) is 18.4. The van der Waals surface area contributed by atoms with Crippen molar-refractivity contribution in [1.29, 1.82) is 0 Å². The molecule has 8 heteroatoms. The van der Waals surface area contributed by atoms with Crippen molar-refractivity contribution in [3.8, 4) is 0 Å². The van der Waals surface area contributed by atoms with Crippen LogP contribution in [0, 0.1) is 10.1 Å². The van der Waals surface area contributed by atoms with E-state index in [1.165, 1.54) is 12.1 Å². The van der Waals surface area contributed by atoms with Crippen molar-refractivity contribution in [2.24, 2.45) is 0 Å². The van der Waals surface area contributed by atoms with Gasteiger partial charge in [0.15, 0.2) is 0 Å². The Hall–Kier alpha value is -3.42. The highest BCUT2D eigenvalue weighted by Crippen LogP contribution is 2.31. The van der Waals surface area contributed by atoms with Crippen LogP contribution in [0.2, 0.25) is 0 Å². The van der Waals surface area contributed by atoms with Crippen LogP contribution in [0.25, 0.3) is 0 Å². The molecule has 0 unspecified atom stereocenters. The van der Waals surface area contributed by atoms with Crippen LogP contribution >= 0.6 is 0 Å². The molecule has 140 valence electrons. The van der Waals surface area contributed by atoms with E-state index in [2.05, 4.69) is 10.9 Å². The molecule has 0 atom stereocenters. The average molecular weight is 368 g/mol. The fourth-order valence-corrected chi connectivity index (χ4v) is 3.06. The lowest BCUT2D eigenvalue weighted by atomic mass is 10.1. The molecule has 27 heavy (non-hydrogen) atoms. The highest BCUT2D eigenvalue weighted by Gasteiger charge is 2.23. The summed E-state index contributed by atoms with van der Waals surface area (Å²) >= 11 is 0. The first-order chi connectivity index (χ1) is 13.1. The van der Waals surface area contributed by atoms with Gasteiger partial charge in [-0.25, -0.2) is 0 Å². The van der Waals surface area contributed by atoms with Gasteiger partial charge in [0.25, 0.3) is 17.5 Å². The Balaban J connectivity index is 1.72. The minimum atomic E-state index is -0.618. The predicted molar refractivity (Wildman–Crippen MR) is 101 cm³/mol. The van der Waals surface area contributed by atoms with Gasteiger partial charge in [-0.1, -0.05) is 18.2 Å². The Morgan fingerprint density at radius 1 is 0.889 bits per heavy atom. The van der Waals surface area contributed by atoms with Gasteiger partial charge >= 0.3 is 0 Å². The van der Waals surface area contributed by atoms with Gasteiger partial charge in [-0.15, -0.1) is 0 Å². The molecule has 0 saturated carbocycles. The number of hydrazine groups is 1. The second-order valence-corrected chi connectivity index (χ2v) is 6.28. The number of benzene rings is 2. The summed E-state index contributed by atoms with van der Waals surface area (Å²) < 4.78 is 0. The van der Waals surface area contributed by atoms with Crippen molar-refractivity contribution in [3.05, 3.63) is 69.8 Å². The Morgan fingerprint density at radius 2 is 1.52 bits per heavy atom. The Labute approximate surface area is 156 Å². The van der Waals surface area contributed by atoms with Gasteiger partial charge in [-0.05, 0) is 43.5 Å². The highest BCUT2D eigenvalue weighted by molar-refractivity contribution is 5.99. The van der Waals surface area contributed by atoms with Gasteiger partial charge in [0.1, 0.15) is 5.69 Å². The summed E-state index contributed by atoms with van der Waals surface area (Å²) in [7, 11) is 0. The van der Waals surface area contributed by atoms with Crippen LogP contribution in [-0.2, 0) is 0 Å². The van der Waals surface area contributed by atoms with Crippen molar-refractivity contribution in [3.63, 3.8) is 0 Å². The number of nitro groups is 1. The van der Waals surface area contributed by atoms with E-state index in [9.17, 15) is 19.7 Å². The summed E-state index contributed by atoms with van der Waals surface area (Å²) in [5.41, 5.74) is 5.50. The van der Waals surface area contributed by atoms with Gasteiger partial charge in [-0.2, -0.15) is 0 Å². The van der Waals surface area contributed by atoms with Gasteiger partial charge in [0.05, 0.1) is 4.92 Å². The summed E-state index contributed by atoms with van der Waals surface area (Å²) in [6, 6.07) is 12.8. The number of anilines is 1. The molecule has 0 bridgehead atoms. The Morgan fingerprint density at radius 3 is 2.15 bits per heavy atom. The molecule has 0 aliphatic carbocycles. The van der Waals surface area contributed by atoms with Gasteiger partial charge in [0.2, 0.25) is 0 Å². The van der Waals surface area contributed by atoms with Gasteiger partial charge in [-0.3, -0.25) is 30.6 Å². The summed E-state index contributed by atoms with van der Waals surface area (Å²) in [5.74, 6) is -1.09. The molecule has 2 aromatic rings. The average Bonchev–Trinajstić information content (AvgIpc) is 2.72. The summed E-state index contributed by atoms with van der Waals surface area (Å²) in [6.07, 6.45) is 3.10. The van der Waals surface area contributed by atoms with Crippen molar-refractivity contribution in [2.75, 3.05) is 18.0 Å². The Kier molecular flexibility index (Phi) is 5.65. The molecule has 8 nitrogen and oxygen atoms in total. The lowest BCUT2D eigenvalue weighted by Crippen LogP contribution is -2.41. The van der Waals surface area contributed by atoms with E-state index < -0.39 is 16.7 Å². The minimum Gasteiger partial charge on any atom is -0.366 e. The van der Waals surface area contributed by atoms with Gasteiger partial charge < -0.3 is 4.90 Å². The number of nitrogens with zero attached hydrogens (tertiary/aromatic N) is 2. The number of nitrogens with one attached hydrogen (secondary N) is 2. The maximum absolute atomic E-state index is 12.3. The second kappa shape index (κ2) is 8.31. The lowest BCUT2D eigenvalue weighted by Gasteiger charge is -2.28. The fourth-order valence-electron chi connectivity index (χ4n) is 3.06. The number of nitro benzene ring substituents is 1. The predicted octanol–water partition coefficient (Wildman–Crippen LogP) is 2.66. The lowest BCUT2D eigenvalue weighted by molar-refractivity contribution is -0.384. The number of hydrogen-bond acceptors (Lipinski definition) is 5.